The molecule has 0 aliphatic carbocycles. The zero-order valence-corrected chi connectivity index (χ0v) is 9.35. The molecule has 0 aliphatic rings. The monoisotopic (exact) mass is 194 g/mol. The van der Waals surface area contributed by atoms with E-state index in [2.05, 4.69) is 23.8 Å². The highest BCUT2D eigenvalue weighted by Gasteiger charge is 2.09. The Morgan fingerprint density at radius 1 is 1.43 bits per heavy atom. The van der Waals surface area contributed by atoms with Gasteiger partial charge in [-0.2, -0.15) is 0 Å². The second-order valence-electron chi connectivity index (χ2n) is 3.69. The van der Waals surface area contributed by atoms with Gasteiger partial charge >= 0.3 is 0 Å². The molecule has 1 rings (SSSR count). The number of nitrogens with one attached hydrogen (secondary N) is 1. The first-order chi connectivity index (χ1) is 6.60. The highest BCUT2D eigenvalue weighted by Crippen LogP contribution is 2.13. The fraction of sp³-hybridized carbons (Fsp3) is 0.636. The molecule has 1 atom stereocenters. The van der Waals surface area contributed by atoms with Crippen LogP contribution in [-0.4, -0.2) is 9.97 Å². The first-order valence-electron chi connectivity index (χ1n) is 5.19. The summed E-state index contributed by atoms with van der Waals surface area (Å²) in [6, 6.07) is 0. The quantitative estimate of drug-likeness (QED) is 0.801. The second kappa shape index (κ2) is 4.40. The molecule has 1 aromatic heterocycles. The van der Waals surface area contributed by atoms with Crippen LogP contribution < -0.4 is 5.56 Å². The lowest BCUT2D eigenvalue weighted by molar-refractivity contribution is 0.664. The third kappa shape index (κ3) is 2.03. The fourth-order valence-corrected chi connectivity index (χ4v) is 1.37. The van der Waals surface area contributed by atoms with E-state index in [-0.39, 0.29) is 5.56 Å². The third-order valence-electron chi connectivity index (χ3n) is 2.68. The Labute approximate surface area is 84.6 Å². The molecule has 14 heavy (non-hydrogen) atoms. The Morgan fingerprint density at radius 3 is 2.57 bits per heavy atom. The Bertz CT molecular complexity index is 368. The summed E-state index contributed by atoms with van der Waals surface area (Å²) in [5, 5.41) is 0. The van der Waals surface area contributed by atoms with E-state index in [1.165, 1.54) is 0 Å². The summed E-state index contributed by atoms with van der Waals surface area (Å²) < 4.78 is 0. The molecule has 0 saturated carbocycles. The molecule has 0 amide bonds. The Morgan fingerprint density at radius 2 is 2.07 bits per heavy atom. The number of H-pyrrole nitrogens is 1. The summed E-state index contributed by atoms with van der Waals surface area (Å²) in [6.45, 7) is 8.02. The maximum absolute atomic E-state index is 11.5. The Balaban J connectivity index is 3.23. The van der Waals surface area contributed by atoms with Crippen molar-refractivity contribution in [2.24, 2.45) is 0 Å². The maximum atomic E-state index is 11.5. The minimum absolute atomic E-state index is 0.00662. The van der Waals surface area contributed by atoms with Crippen molar-refractivity contribution < 1.29 is 0 Å². The molecule has 0 saturated heterocycles. The van der Waals surface area contributed by atoms with Gasteiger partial charge in [-0.25, -0.2) is 4.98 Å². The van der Waals surface area contributed by atoms with E-state index < -0.39 is 0 Å². The number of rotatable bonds is 3. The van der Waals surface area contributed by atoms with Crippen LogP contribution in [0.3, 0.4) is 0 Å². The van der Waals surface area contributed by atoms with E-state index in [9.17, 15) is 4.79 Å². The van der Waals surface area contributed by atoms with Crippen molar-refractivity contribution in [3.05, 3.63) is 27.4 Å². The molecule has 0 aromatic carbocycles. The number of aryl methyl sites for hydroxylation is 1. The van der Waals surface area contributed by atoms with Gasteiger partial charge in [-0.15, -0.1) is 0 Å². The van der Waals surface area contributed by atoms with Crippen molar-refractivity contribution in [1.29, 1.82) is 0 Å². The second-order valence-corrected chi connectivity index (χ2v) is 3.69. The van der Waals surface area contributed by atoms with Crippen LogP contribution >= 0.6 is 0 Å². The minimum atomic E-state index is 0.00662. The normalized spacial score (nSPS) is 12.9. The van der Waals surface area contributed by atoms with Crippen molar-refractivity contribution in [3.63, 3.8) is 0 Å². The van der Waals surface area contributed by atoms with Crippen LogP contribution in [0.4, 0.5) is 0 Å². The van der Waals surface area contributed by atoms with Crippen molar-refractivity contribution in [3.8, 4) is 0 Å². The van der Waals surface area contributed by atoms with Crippen LogP contribution in [0.25, 0.3) is 0 Å². The maximum Gasteiger partial charge on any atom is 0.254 e. The lowest BCUT2D eigenvalue weighted by atomic mass is 10.1. The van der Waals surface area contributed by atoms with Crippen molar-refractivity contribution in [2.45, 2.75) is 46.5 Å². The molecule has 3 heteroatoms. The largest absolute Gasteiger partial charge is 0.310 e. The summed E-state index contributed by atoms with van der Waals surface area (Å²) in [5.74, 6) is 1.15. The van der Waals surface area contributed by atoms with Crippen LogP contribution in [0.5, 0.6) is 0 Å². The predicted octanol–water partition coefficient (Wildman–Crippen LogP) is 2.15. The summed E-state index contributed by atoms with van der Waals surface area (Å²) in [7, 11) is 0. The summed E-state index contributed by atoms with van der Waals surface area (Å²) in [4.78, 5) is 18.8. The van der Waals surface area contributed by atoms with E-state index in [1.807, 2.05) is 13.8 Å². The average molecular weight is 194 g/mol. The molecule has 78 valence electrons. The van der Waals surface area contributed by atoms with Crippen molar-refractivity contribution in [2.75, 3.05) is 0 Å². The van der Waals surface area contributed by atoms with Crippen LogP contribution in [0.15, 0.2) is 4.79 Å². The average Bonchev–Trinajstić information content (AvgIpc) is 2.20. The van der Waals surface area contributed by atoms with E-state index in [0.29, 0.717) is 5.92 Å². The molecule has 0 fully saturated rings. The van der Waals surface area contributed by atoms with Gasteiger partial charge in [-0.05, 0) is 19.8 Å². The first-order valence-corrected chi connectivity index (χ1v) is 5.19. The molecular formula is C11H18N2O. The summed E-state index contributed by atoms with van der Waals surface area (Å²) in [6.07, 6.45) is 1.81. The molecule has 1 unspecified atom stereocenters. The summed E-state index contributed by atoms with van der Waals surface area (Å²) in [5.41, 5.74) is 1.68. The molecule has 0 aliphatic heterocycles. The van der Waals surface area contributed by atoms with E-state index in [1.54, 1.807) is 0 Å². The molecular weight excluding hydrogens is 176 g/mol. The van der Waals surface area contributed by atoms with Gasteiger partial charge in [0.25, 0.3) is 5.56 Å². The highest BCUT2D eigenvalue weighted by molar-refractivity contribution is 5.16. The topological polar surface area (TPSA) is 45.8 Å². The minimum Gasteiger partial charge on any atom is -0.310 e. The molecule has 1 aromatic rings. The smallest absolute Gasteiger partial charge is 0.254 e. The van der Waals surface area contributed by atoms with Crippen LogP contribution in [0.2, 0.25) is 0 Å². The standard InChI is InChI=1S/C11H18N2O/c1-5-7(3)10-12-9(6-2)8(4)11(14)13-10/h7H,5-6H2,1-4H3,(H,12,13,14). The molecule has 0 radical (unpaired) electrons. The number of hydrogen-bond donors (Lipinski definition) is 1. The zero-order chi connectivity index (χ0) is 10.7. The molecule has 0 bridgehead atoms. The Kier molecular flexibility index (Phi) is 3.44. The summed E-state index contributed by atoms with van der Waals surface area (Å²) >= 11 is 0. The predicted molar refractivity (Wildman–Crippen MR) is 57.7 cm³/mol. The van der Waals surface area contributed by atoms with Gasteiger partial charge in [0.1, 0.15) is 5.82 Å². The van der Waals surface area contributed by atoms with Gasteiger partial charge in [-0.3, -0.25) is 4.79 Å². The molecule has 0 spiro atoms. The number of nitrogens with zero attached hydrogens (tertiary/aromatic N) is 1. The number of aromatic amines is 1. The Hall–Kier alpha value is -1.12. The van der Waals surface area contributed by atoms with Gasteiger partial charge in [0.2, 0.25) is 0 Å². The van der Waals surface area contributed by atoms with Gasteiger partial charge in [0.05, 0.1) is 5.69 Å². The zero-order valence-electron chi connectivity index (χ0n) is 9.35. The molecule has 1 N–H and O–H groups in total. The van der Waals surface area contributed by atoms with E-state index in [0.717, 1.165) is 29.9 Å². The number of hydrogen-bond acceptors (Lipinski definition) is 2. The van der Waals surface area contributed by atoms with Crippen LogP contribution in [0, 0.1) is 6.92 Å². The van der Waals surface area contributed by atoms with Gasteiger partial charge in [0, 0.05) is 11.5 Å². The molecule has 3 nitrogen and oxygen atoms in total. The van der Waals surface area contributed by atoms with Crippen molar-refractivity contribution in [1.82, 2.24) is 9.97 Å². The van der Waals surface area contributed by atoms with Gasteiger partial charge in [0.15, 0.2) is 0 Å². The van der Waals surface area contributed by atoms with Crippen LogP contribution in [-0.2, 0) is 6.42 Å². The third-order valence-corrected chi connectivity index (χ3v) is 2.68. The lowest BCUT2D eigenvalue weighted by Crippen LogP contribution is -2.18. The van der Waals surface area contributed by atoms with Crippen molar-refractivity contribution >= 4 is 0 Å². The van der Waals surface area contributed by atoms with Gasteiger partial charge in [-0.1, -0.05) is 20.8 Å². The van der Waals surface area contributed by atoms with Gasteiger partial charge < -0.3 is 4.98 Å². The van der Waals surface area contributed by atoms with E-state index >= 15 is 0 Å². The van der Waals surface area contributed by atoms with E-state index in [4.69, 9.17) is 0 Å². The van der Waals surface area contributed by atoms with Crippen LogP contribution in [0.1, 0.15) is 50.2 Å². The highest BCUT2D eigenvalue weighted by atomic mass is 16.1. The fourth-order valence-electron chi connectivity index (χ4n) is 1.37. The SMILES string of the molecule is CCc1nc(C(C)CC)[nH]c(=O)c1C. The number of aromatic nitrogens is 2. The lowest BCUT2D eigenvalue weighted by Gasteiger charge is -2.10. The molecule has 1 heterocycles. The first kappa shape index (κ1) is 11.0.